The molecule has 0 atom stereocenters. The first kappa shape index (κ1) is 22.1. The van der Waals surface area contributed by atoms with Gasteiger partial charge in [-0.25, -0.2) is 0 Å². The normalized spacial score (nSPS) is 14.7. The van der Waals surface area contributed by atoms with E-state index in [1.807, 2.05) is 31.7 Å². The molecular weight excluding hydrogens is 367 g/mol. The van der Waals surface area contributed by atoms with Gasteiger partial charge in [0.05, 0.1) is 17.3 Å². The fraction of sp³-hybridized carbons (Fsp3) is 0.529. The Morgan fingerprint density at radius 3 is 2.31 bits per heavy atom. The third-order valence-corrected chi connectivity index (χ3v) is 3.95. The molecule has 0 spiro atoms. The van der Waals surface area contributed by atoms with Crippen LogP contribution in [0.3, 0.4) is 0 Å². The van der Waals surface area contributed by atoms with Crippen molar-refractivity contribution in [2.75, 3.05) is 31.1 Å². The van der Waals surface area contributed by atoms with E-state index in [4.69, 9.17) is 5.26 Å². The number of thioether (sulfide) groups is 1. The van der Waals surface area contributed by atoms with Crippen LogP contribution in [0.5, 0.6) is 0 Å². The maximum Gasteiger partial charge on any atom is 0.446 e. The topological polar surface area (TPSA) is 65.4 Å². The Morgan fingerprint density at radius 1 is 1.27 bits per heavy atom. The van der Waals surface area contributed by atoms with Crippen LogP contribution in [0.25, 0.3) is 0 Å². The quantitative estimate of drug-likeness (QED) is 0.630. The second kappa shape index (κ2) is 9.69. The molecule has 1 aliphatic rings. The number of rotatable bonds is 3. The van der Waals surface area contributed by atoms with Gasteiger partial charge in [-0.05, 0) is 50.7 Å². The molecule has 144 valence electrons. The van der Waals surface area contributed by atoms with Crippen molar-refractivity contribution in [2.24, 2.45) is 0 Å². The lowest BCUT2D eigenvalue weighted by atomic mass is 10.2. The summed E-state index contributed by atoms with van der Waals surface area (Å²) in [6.45, 7) is 8.74. The second-order valence-corrected chi connectivity index (χ2v) is 7.51. The molecule has 1 fully saturated rings. The van der Waals surface area contributed by atoms with Crippen molar-refractivity contribution in [2.45, 2.75) is 36.8 Å². The van der Waals surface area contributed by atoms with Crippen molar-refractivity contribution in [1.82, 2.24) is 5.32 Å². The molecule has 0 amide bonds. The molecule has 2 rings (SSSR count). The number of benzene rings is 1. The van der Waals surface area contributed by atoms with E-state index < -0.39 is 5.51 Å². The fourth-order valence-electron chi connectivity index (χ4n) is 2.10. The molecule has 1 aromatic carbocycles. The Kier molecular flexibility index (Phi) is 8.24. The Labute approximate surface area is 155 Å². The van der Waals surface area contributed by atoms with E-state index in [1.54, 1.807) is 12.1 Å². The molecule has 5 nitrogen and oxygen atoms in total. The molecule has 0 saturated carbocycles. The zero-order valence-corrected chi connectivity index (χ0v) is 15.7. The number of ether oxygens (including phenoxy) is 1. The van der Waals surface area contributed by atoms with E-state index in [9.17, 15) is 18.0 Å². The van der Waals surface area contributed by atoms with Crippen LogP contribution < -0.4 is 10.2 Å². The van der Waals surface area contributed by atoms with Crippen LogP contribution >= 0.6 is 11.8 Å². The summed E-state index contributed by atoms with van der Waals surface area (Å²) >= 11 is -0.163. The smallest absolute Gasteiger partial charge is 0.446 e. The van der Waals surface area contributed by atoms with Crippen LogP contribution in [0, 0.1) is 11.3 Å². The van der Waals surface area contributed by atoms with Gasteiger partial charge in [-0.15, -0.1) is 0 Å². The first-order chi connectivity index (χ1) is 12.1. The number of carbonyl (C=O) groups excluding carboxylic acids is 1. The first-order valence-corrected chi connectivity index (χ1v) is 8.74. The summed E-state index contributed by atoms with van der Waals surface area (Å²) in [6.07, 6.45) is 0. The summed E-state index contributed by atoms with van der Waals surface area (Å²) < 4.78 is 42.3. The number of piperazine rings is 1. The molecule has 9 heteroatoms. The highest BCUT2D eigenvalue weighted by Gasteiger charge is 2.31. The van der Waals surface area contributed by atoms with Crippen molar-refractivity contribution < 1.29 is 22.7 Å². The number of hydrogen-bond donors (Lipinski definition) is 1. The number of alkyl halides is 3. The average Bonchev–Trinajstić information content (AvgIpc) is 2.53. The summed E-state index contributed by atoms with van der Waals surface area (Å²) in [6, 6.07) is 6.32. The van der Waals surface area contributed by atoms with Gasteiger partial charge in [0, 0.05) is 31.1 Å². The zero-order valence-electron chi connectivity index (χ0n) is 14.9. The maximum atomic E-state index is 12.6. The number of nitrogens with zero attached hydrogens (tertiary/aromatic N) is 2. The minimum atomic E-state index is -4.35. The Bertz CT molecular complexity index is 634. The lowest BCUT2D eigenvalue weighted by Crippen LogP contribution is -2.43. The molecular formula is C17H22F3N3O2S. The van der Waals surface area contributed by atoms with E-state index in [0.717, 1.165) is 13.1 Å². The summed E-state index contributed by atoms with van der Waals surface area (Å²) in [7, 11) is 0. The first-order valence-electron chi connectivity index (χ1n) is 7.93. The molecule has 1 N–H and O–H groups in total. The van der Waals surface area contributed by atoms with E-state index in [2.05, 4.69) is 10.1 Å². The zero-order chi connectivity index (χ0) is 19.8. The molecule has 1 aliphatic heterocycles. The third kappa shape index (κ3) is 8.45. The predicted molar refractivity (Wildman–Crippen MR) is 95.1 cm³/mol. The highest BCUT2D eigenvalue weighted by Crippen LogP contribution is 2.42. The number of nitrogens with one attached hydrogen (secondary N) is 1. The number of nitriles is 1. The summed E-state index contributed by atoms with van der Waals surface area (Å²) in [5, 5.41) is 11.9. The van der Waals surface area contributed by atoms with Crippen LogP contribution in [0.4, 0.5) is 18.9 Å². The standard InChI is InChI=1S/C12H12F3N3S.C5H10O2/c13-12(14,15)19-11-7-9(8-16)1-2-10(11)18-5-3-17-4-6-18;1-5(2,3)7-4-6/h1-2,7,17H,3-6H2;4H,1-3H3. The highest BCUT2D eigenvalue weighted by atomic mass is 32.2. The number of halogens is 3. The maximum absolute atomic E-state index is 12.6. The summed E-state index contributed by atoms with van der Waals surface area (Å²) in [4.78, 5) is 11.6. The molecule has 0 aliphatic carbocycles. The van der Waals surface area contributed by atoms with Crippen LogP contribution in [0.1, 0.15) is 26.3 Å². The van der Waals surface area contributed by atoms with Gasteiger partial charge in [-0.1, -0.05) is 0 Å². The molecule has 0 aromatic heterocycles. The predicted octanol–water partition coefficient (Wildman–Crippen LogP) is 3.54. The van der Waals surface area contributed by atoms with Gasteiger partial charge in [0.25, 0.3) is 6.47 Å². The van der Waals surface area contributed by atoms with E-state index >= 15 is 0 Å². The SMILES string of the molecule is CC(C)(C)OC=O.N#Cc1ccc(N2CCNCC2)c(SC(F)(F)F)c1. The van der Waals surface area contributed by atoms with Gasteiger partial charge in [0.1, 0.15) is 5.60 Å². The van der Waals surface area contributed by atoms with Crippen molar-refractivity contribution in [1.29, 1.82) is 5.26 Å². The molecule has 1 heterocycles. The minimum Gasteiger partial charge on any atom is -0.462 e. The molecule has 26 heavy (non-hydrogen) atoms. The molecule has 0 bridgehead atoms. The molecule has 1 aromatic rings. The number of carbonyl (C=O) groups is 1. The van der Waals surface area contributed by atoms with E-state index in [-0.39, 0.29) is 27.8 Å². The van der Waals surface area contributed by atoms with E-state index in [0.29, 0.717) is 25.2 Å². The van der Waals surface area contributed by atoms with Crippen molar-refractivity contribution in [3.63, 3.8) is 0 Å². The van der Waals surface area contributed by atoms with Gasteiger partial charge in [0.2, 0.25) is 0 Å². The van der Waals surface area contributed by atoms with Crippen molar-refractivity contribution in [3.05, 3.63) is 23.8 Å². The van der Waals surface area contributed by atoms with Crippen molar-refractivity contribution in [3.8, 4) is 6.07 Å². The molecule has 0 radical (unpaired) electrons. The van der Waals surface area contributed by atoms with Crippen LogP contribution in [0.15, 0.2) is 23.1 Å². The van der Waals surface area contributed by atoms with Crippen molar-refractivity contribution >= 4 is 23.9 Å². The lowest BCUT2D eigenvalue weighted by molar-refractivity contribution is -0.138. The highest BCUT2D eigenvalue weighted by molar-refractivity contribution is 8.00. The van der Waals surface area contributed by atoms with Gasteiger partial charge in [-0.2, -0.15) is 18.4 Å². The third-order valence-electron chi connectivity index (χ3n) is 3.17. The average molecular weight is 389 g/mol. The molecule has 0 unspecified atom stereocenters. The number of hydrogen-bond acceptors (Lipinski definition) is 6. The fourth-order valence-corrected chi connectivity index (χ4v) is 2.84. The van der Waals surface area contributed by atoms with Crippen LogP contribution in [-0.4, -0.2) is 43.8 Å². The Morgan fingerprint density at radius 2 is 1.88 bits per heavy atom. The van der Waals surface area contributed by atoms with Crippen LogP contribution in [0.2, 0.25) is 0 Å². The Balaban J connectivity index is 0.000000412. The van der Waals surface area contributed by atoms with Gasteiger partial charge in [0.15, 0.2) is 0 Å². The van der Waals surface area contributed by atoms with Crippen LogP contribution in [-0.2, 0) is 9.53 Å². The van der Waals surface area contributed by atoms with Gasteiger partial charge >= 0.3 is 5.51 Å². The lowest BCUT2D eigenvalue weighted by Gasteiger charge is -2.31. The largest absolute Gasteiger partial charge is 0.462 e. The van der Waals surface area contributed by atoms with Gasteiger partial charge in [-0.3, -0.25) is 4.79 Å². The molecule has 1 saturated heterocycles. The monoisotopic (exact) mass is 389 g/mol. The second-order valence-electron chi connectivity index (χ2n) is 6.41. The Hall–Kier alpha value is -1.92. The van der Waals surface area contributed by atoms with Gasteiger partial charge < -0.3 is 15.0 Å². The summed E-state index contributed by atoms with van der Waals surface area (Å²) in [5.41, 5.74) is -3.88. The number of anilines is 1. The minimum absolute atomic E-state index is 0.0912. The van der Waals surface area contributed by atoms with E-state index in [1.165, 1.54) is 6.07 Å². The summed E-state index contributed by atoms with van der Waals surface area (Å²) in [5.74, 6) is 0.